The summed E-state index contributed by atoms with van der Waals surface area (Å²) >= 11 is 0. The number of hydrogen-bond donors (Lipinski definition) is 1. The van der Waals surface area contributed by atoms with Gasteiger partial charge in [0.1, 0.15) is 5.75 Å². The smallest absolute Gasteiger partial charge is 0.138 e. The van der Waals surface area contributed by atoms with Gasteiger partial charge in [0.15, 0.2) is 0 Å². The Morgan fingerprint density at radius 3 is 2.56 bits per heavy atom. The molecular formula is C15H26N2O. The molecule has 0 aromatic carbocycles. The molecule has 1 aromatic rings. The predicted octanol–water partition coefficient (Wildman–Crippen LogP) is 3.71. The molecule has 0 bridgehead atoms. The van der Waals surface area contributed by atoms with Gasteiger partial charge in [-0.15, -0.1) is 0 Å². The maximum atomic E-state index is 5.80. The molecule has 1 N–H and O–H groups in total. The lowest BCUT2D eigenvalue weighted by Crippen LogP contribution is -2.21. The average Bonchev–Trinajstić information content (AvgIpc) is 2.37. The minimum absolute atomic E-state index is 0.262. The lowest BCUT2D eigenvalue weighted by Gasteiger charge is -2.17. The van der Waals surface area contributed by atoms with Crippen molar-refractivity contribution in [3.63, 3.8) is 0 Å². The van der Waals surface area contributed by atoms with Gasteiger partial charge in [0.25, 0.3) is 0 Å². The zero-order chi connectivity index (χ0) is 13.4. The molecule has 0 saturated heterocycles. The van der Waals surface area contributed by atoms with Crippen LogP contribution in [0.15, 0.2) is 18.3 Å². The van der Waals surface area contributed by atoms with Crippen molar-refractivity contribution >= 4 is 0 Å². The van der Waals surface area contributed by atoms with Gasteiger partial charge in [0, 0.05) is 6.04 Å². The van der Waals surface area contributed by atoms with E-state index in [0.717, 1.165) is 37.3 Å². The first-order valence-electron chi connectivity index (χ1n) is 7.07. The Morgan fingerprint density at radius 2 is 2.06 bits per heavy atom. The maximum Gasteiger partial charge on any atom is 0.138 e. The first-order valence-corrected chi connectivity index (χ1v) is 7.07. The molecule has 3 nitrogen and oxygen atoms in total. The summed E-state index contributed by atoms with van der Waals surface area (Å²) in [5.74, 6) is 0.867. The van der Waals surface area contributed by atoms with Crippen LogP contribution >= 0.6 is 0 Å². The summed E-state index contributed by atoms with van der Waals surface area (Å²) in [5.41, 5.74) is 1.09. The van der Waals surface area contributed by atoms with Crippen molar-refractivity contribution in [1.82, 2.24) is 10.3 Å². The highest BCUT2D eigenvalue weighted by Crippen LogP contribution is 2.18. The van der Waals surface area contributed by atoms with Crippen LogP contribution in [-0.4, -0.2) is 17.6 Å². The second kappa shape index (κ2) is 8.09. The number of rotatable bonds is 8. The van der Waals surface area contributed by atoms with Gasteiger partial charge < -0.3 is 10.1 Å². The fourth-order valence-corrected chi connectivity index (χ4v) is 2.07. The fourth-order valence-electron chi connectivity index (χ4n) is 2.07. The van der Waals surface area contributed by atoms with Crippen LogP contribution in [0.2, 0.25) is 0 Å². The topological polar surface area (TPSA) is 34.1 Å². The summed E-state index contributed by atoms with van der Waals surface area (Å²) < 4.78 is 5.80. The van der Waals surface area contributed by atoms with Crippen molar-refractivity contribution in [3.8, 4) is 5.75 Å². The number of pyridine rings is 1. The molecule has 0 spiro atoms. The summed E-state index contributed by atoms with van der Waals surface area (Å²) in [6.07, 6.45) is 5.37. The number of ether oxygens (including phenoxy) is 1. The van der Waals surface area contributed by atoms with Crippen LogP contribution in [-0.2, 0) is 0 Å². The van der Waals surface area contributed by atoms with Crippen molar-refractivity contribution in [2.45, 2.75) is 59.1 Å². The monoisotopic (exact) mass is 250 g/mol. The number of nitrogens with zero attached hydrogens (tertiary/aromatic N) is 1. The van der Waals surface area contributed by atoms with Gasteiger partial charge >= 0.3 is 0 Å². The quantitative estimate of drug-likeness (QED) is 0.763. The summed E-state index contributed by atoms with van der Waals surface area (Å²) in [4.78, 5) is 4.49. The number of hydrogen-bond acceptors (Lipinski definition) is 3. The van der Waals surface area contributed by atoms with Gasteiger partial charge in [0.2, 0.25) is 0 Å². The fraction of sp³-hybridized carbons (Fsp3) is 0.667. The second-order valence-corrected chi connectivity index (χ2v) is 4.65. The van der Waals surface area contributed by atoms with Crippen LogP contribution in [0.1, 0.15) is 58.7 Å². The Balaban J connectivity index is 2.61. The van der Waals surface area contributed by atoms with Crippen LogP contribution < -0.4 is 10.1 Å². The van der Waals surface area contributed by atoms with E-state index in [4.69, 9.17) is 4.74 Å². The van der Waals surface area contributed by atoms with Crippen LogP contribution in [0, 0.1) is 0 Å². The van der Waals surface area contributed by atoms with Crippen molar-refractivity contribution in [2.75, 3.05) is 6.54 Å². The largest absolute Gasteiger partial charge is 0.489 e. The molecule has 0 fully saturated rings. The molecule has 0 saturated carbocycles. The minimum atomic E-state index is 0.262. The Labute approximate surface area is 111 Å². The van der Waals surface area contributed by atoms with Gasteiger partial charge in [-0.1, -0.05) is 27.2 Å². The highest BCUT2D eigenvalue weighted by molar-refractivity contribution is 5.21. The Bertz CT molecular complexity index is 324. The van der Waals surface area contributed by atoms with Gasteiger partial charge in [-0.05, 0) is 38.4 Å². The summed E-state index contributed by atoms with van der Waals surface area (Å²) in [6.45, 7) is 9.52. The molecule has 3 heteroatoms. The molecule has 0 aliphatic heterocycles. The molecule has 1 rings (SSSR count). The lowest BCUT2D eigenvalue weighted by atomic mass is 10.1. The van der Waals surface area contributed by atoms with Crippen molar-refractivity contribution in [3.05, 3.63) is 24.0 Å². The standard InChI is InChI=1S/C15H26N2O/c1-5-8-12(4)18-13-9-10-15(17-11-13)14(6-2)16-7-3/h9-12,14,16H,5-8H2,1-4H3. The molecule has 0 radical (unpaired) electrons. The molecule has 18 heavy (non-hydrogen) atoms. The van der Waals surface area contributed by atoms with Gasteiger partial charge in [-0.3, -0.25) is 4.98 Å². The Morgan fingerprint density at radius 1 is 1.28 bits per heavy atom. The zero-order valence-electron chi connectivity index (χ0n) is 12.1. The highest BCUT2D eigenvalue weighted by atomic mass is 16.5. The Kier molecular flexibility index (Phi) is 6.73. The lowest BCUT2D eigenvalue weighted by molar-refractivity contribution is 0.209. The molecule has 1 aromatic heterocycles. The molecule has 2 unspecified atom stereocenters. The third kappa shape index (κ3) is 4.65. The second-order valence-electron chi connectivity index (χ2n) is 4.65. The van der Waals surface area contributed by atoms with Crippen molar-refractivity contribution < 1.29 is 4.74 Å². The van der Waals surface area contributed by atoms with E-state index in [0.29, 0.717) is 6.04 Å². The molecule has 102 valence electrons. The minimum Gasteiger partial charge on any atom is -0.489 e. The van der Waals surface area contributed by atoms with E-state index in [9.17, 15) is 0 Å². The van der Waals surface area contributed by atoms with E-state index in [-0.39, 0.29) is 6.10 Å². The van der Waals surface area contributed by atoms with Crippen molar-refractivity contribution in [1.29, 1.82) is 0 Å². The van der Waals surface area contributed by atoms with E-state index in [1.165, 1.54) is 0 Å². The third-order valence-electron chi connectivity index (χ3n) is 3.01. The third-order valence-corrected chi connectivity index (χ3v) is 3.01. The summed E-state index contributed by atoms with van der Waals surface area (Å²) in [5, 5.41) is 3.43. The van der Waals surface area contributed by atoms with Crippen LogP contribution in [0.25, 0.3) is 0 Å². The molecule has 0 aliphatic rings. The van der Waals surface area contributed by atoms with Crippen molar-refractivity contribution in [2.24, 2.45) is 0 Å². The first-order chi connectivity index (χ1) is 8.71. The van der Waals surface area contributed by atoms with E-state index in [1.807, 2.05) is 12.3 Å². The van der Waals surface area contributed by atoms with E-state index in [2.05, 4.69) is 44.1 Å². The molecule has 1 heterocycles. The Hall–Kier alpha value is -1.09. The number of aromatic nitrogens is 1. The van der Waals surface area contributed by atoms with Gasteiger partial charge in [-0.2, -0.15) is 0 Å². The van der Waals surface area contributed by atoms with E-state index >= 15 is 0 Å². The highest BCUT2D eigenvalue weighted by Gasteiger charge is 2.09. The van der Waals surface area contributed by atoms with Gasteiger partial charge in [-0.25, -0.2) is 0 Å². The SMILES string of the molecule is CCCC(C)Oc1ccc(C(CC)NCC)nc1. The normalized spacial score (nSPS) is 14.2. The van der Waals surface area contributed by atoms with E-state index in [1.54, 1.807) is 0 Å². The maximum absolute atomic E-state index is 5.80. The first kappa shape index (κ1) is 15.0. The molecule has 0 aliphatic carbocycles. The van der Waals surface area contributed by atoms with Crippen LogP contribution in [0.3, 0.4) is 0 Å². The summed E-state index contributed by atoms with van der Waals surface area (Å²) in [7, 11) is 0. The number of nitrogens with one attached hydrogen (secondary N) is 1. The van der Waals surface area contributed by atoms with Gasteiger partial charge in [0.05, 0.1) is 18.0 Å². The van der Waals surface area contributed by atoms with E-state index < -0.39 is 0 Å². The predicted molar refractivity (Wildman–Crippen MR) is 75.9 cm³/mol. The van der Waals surface area contributed by atoms with Crippen LogP contribution in [0.4, 0.5) is 0 Å². The molecule has 0 amide bonds. The molecular weight excluding hydrogens is 224 g/mol. The van der Waals surface area contributed by atoms with Crippen LogP contribution in [0.5, 0.6) is 5.75 Å². The molecule has 2 atom stereocenters. The zero-order valence-corrected chi connectivity index (χ0v) is 12.1. The summed E-state index contributed by atoms with van der Waals surface area (Å²) in [6, 6.07) is 4.43. The average molecular weight is 250 g/mol.